The molecule has 1 unspecified atom stereocenters. The molecule has 1 fully saturated rings. The molecule has 82 valence electrons. The molecule has 0 saturated carbocycles. The van der Waals surface area contributed by atoms with Gasteiger partial charge in [-0.2, -0.15) is 11.8 Å². The van der Waals surface area contributed by atoms with Crippen LogP contribution in [0.25, 0.3) is 0 Å². The maximum absolute atomic E-state index is 10.8. The summed E-state index contributed by atoms with van der Waals surface area (Å²) in [4.78, 5) is 13.2. The highest BCUT2D eigenvalue weighted by atomic mass is 32.2. The summed E-state index contributed by atoms with van der Waals surface area (Å²) in [5.41, 5.74) is -0.180. The molecule has 0 radical (unpaired) electrons. The van der Waals surface area contributed by atoms with Gasteiger partial charge in [0.1, 0.15) is 6.29 Å². The fourth-order valence-corrected chi connectivity index (χ4v) is 3.03. The first-order chi connectivity index (χ1) is 6.57. The molecule has 1 atom stereocenters. The minimum absolute atomic E-state index is 0.180. The van der Waals surface area contributed by atoms with E-state index in [1.807, 2.05) is 13.8 Å². The molecule has 1 saturated heterocycles. The van der Waals surface area contributed by atoms with Crippen molar-refractivity contribution >= 4 is 18.0 Å². The van der Waals surface area contributed by atoms with Gasteiger partial charge in [-0.3, -0.25) is 0 Å². The molecule has 0 aliphatic carbocycles. The van der Waals surface area contributed by atoms with E-state index in [4.69, 9.17) is 0 Å². The number of carbonyl (C=O) groups is 1. The Bertz CT molecular complexity index is 194. The van der Waals surface area contributed by atoms with Crippen molar-refractivity contribution in [3.05, 3.63) is 0 Å². The van der Waals surface area contributed by atoms with E-state index in [0.29, 0.717) is 0 Å². The van der Waals surface area contributed by atoms with Gasteiger partial charge in [0.15, 0.2) is 0 Å². The number of aldehydes is 1. The lowest BCUT2D eigenvalue weighted by molar-refractivity contribution is -0.115. The Morgan fingerprint density at radius 3 is 2.86 bits per heavy atom. The summed E-state index contributed by atoms with van der Waals surface area (Å²) in [7, 11) is 0. The van der Waals surface area contributed by atoms with E-state index in [9.17, 15) is 4.79 Å². The van der Waals surface area contributed by atoms with Crippen molar-refractivity contribution in [2.24, 2.45) is 5.41 Å². The van der Waals surface area contributed by atoms with Gasteiger partial charge >= 0.3 is 0 Å². The molecule has 0 aromatic carbocycles. The van der Waals surface area contributed by atoms with Gasteiger partial charge in [0.25, 0.3) is 0 Å². The zero-order valence-corrected chi connectivity index (χ0v) is 10.3. The van der Waals surface area contributed by atoms with Gasteiger partial charge in [-0.1, -0.05) is 20.8 Å². The topological polar surface area (TPSA) is 20.3 Å². The number of hydrogen-bond acceptors (Lipinski definition) is 3. The van der Waals surface area contributed by atoms with Crippen LogP contribution in [0.5, 0.6) is 0 Å². The highest BCUT2D eigenvalue weighted by Gasteiger charge is 2.25. The molecule has 1 aliphatic rings. The van der Waals surface area contributed by atoms with Crippen molar-refractivity contribution in [2.75, 3.05) is 25.4 Å². The minimum atomic E-state index is -0.180. The normalized spacial score (nSPS) is 24.9. The average Bonchev–Trinajstić information content (AvgIpc) is 2.17. The van der Waals surface area contributed by atoms with Crippen molar-refractivity contribution in [2.45, 2.75) is 32.4 Å². The average molecular weight is 215 g/mol. The van der Waals surface area contributed by atoms with Crippen LogP contribution in [0, 0.1) is 5.41 Å². The summed E-state index contributed by atoms with van der Waals surface area (Å²) in [6.45, 7) is 9.47. The van der Waals surface area contributed by atoms with Crippen LogP contribution in [0.1, 0.15) is 27.2 Å². The van der Waals surface area contributed by atoms with Crippen LogP contribution in [0.3, 0.4) is 0 Å². The van der Waals surface area contributed by atoms with Crippen molar-refractivity contribution in [1.29, 1.82) is 0 Å². The Labute approximate surface area is 91.4 Å². The van der Waals surface area contributed by atoms with E-state index in [-0.39, 0.29) is 5.41 Å². The number of carbonyl (C=O) groups excluding carboxylic acids is 1. The third-order valence-electron chi connectivity index (χ3n) is 2.63. The zero-order chi connectivity index (χ0) is 10.6. The Morgan fingerprint density at radius 2 is 2.29 bits per heavy atom. The van der Waals surface area contributed by atoms with Crippen LogP contribution in [0.4, 0.5) is 0 Å². The molecule has 0 spiro atoms. The number of rotatable bonds is 4. The Morgan fingerprint density at radius 1 is 1.57 bits per heavy atom. The van der Waals surface area contributed by atoms with Gasteiger partial charge in [0.05, 0.1) is 0 Å². The highest BCUT2D eigenvalue weighted by Crippen LogP contribution is 2.23. The second-order valence-corrected chi connectivity index (χ2v) is 6.15. The van der Waals surface area contributed by atoms with Gasteiger partial charge in [-0.25, -0.2) is 0 Å². The first-order valence-corrected chi connectivity index (χ1v) is 6.42. The summed E-state index contributed by atoms with van der Waals surface area (Å²) < 4.78 is 0. The van der Waals surface area contributed by atoms with E-state index in [2.05, 4.69) is 23.6 Å². The quantitative estimate of drug-likeness (QED) is 0.669. The molecular formula is C11H21NOS. The second-order valence-electron chi connectivity index (χ2n) is 4.74. The molecule has 1 heterocycles. The zero-order valence-electron chi connectivity index (χ0n) is 9.45. The van der Waals surface area contributed by atoms with Gasteiger partial charge < -0.3 is 9.69 Å². The molecule has 14 heavy (non-hydrogen) atoms. The summed E-state index contributed by atoms with van der Waals surface area (Å²) in [5.74, 6) is 1.22. The van der Waals surface area contributed by atoms with Crippen LogP contribution in [0.15, 0.2) is 0 Å². The summed E-state index contributed by atoms with van der Waals surface area (Å²) in [6, 6.07) is 0. The fraction of sp³-hybridized carbons (Fsp3) is 0.909. The Balaban J connectivity index is 2.41. The standard InChI is InChI=1S/C11H21NOS/c1-4-10-7-12(5-6-14-10)8-11(2,3)9-13/h9-10H,4-8H2,1-3H3. The molecule has 0 aromatic heterocycles. The predicted octanol–water partition coefficient (Wildman–Crippen LogP) is 2.04. The molecule has 0 aromatic rings. The molecule has 0 bridgehead atoms. The smallest absolute Gasteiger partial charge is 0.126 e. The molecule has 2 nitrogen and oxygen atoms in total. The van der Waals surface area contributed by atoms with Crippen LogP contribution in [0.2, 0.25) is 0 Å². The minimum Gasteiger partial charge on any atom is -0.303 e. The lowest BCUT2D eigenvalue weighted by Gasteiger charge is -2.35. The molecule has 0 amide bonds. The third-order valence-corrected chi connectivity index (χ3v) is 4.00. The molecule has 3 heteroatoms. The van der Waals surface area contributed by atoms with E-state index < -0.39 is 0 Å². The largest absolute Gasteiger partial charge is 0.303 e. The predicted molar refractivity (Wildman–Crippen MR) is 62.8 cm³/mol. The van der Waals surface area contributed by atoms with E-state index in [0.717, 1.165) is 31.2 Å². The highest BCUT2D eigenvalue weighted by molar-refractivity contribution is 8.00. The molecule has 0 N–H and O–H groups in total. The van der Waals surface area contributed by atoms with E-state index >= 15 is 0 Å². The van der Waals surface area contributed by atoms with Crippen LogP contribution < -0.4 is 0 Å². The second kappa shape index (κ2) is 5.17. The van der Waals surface area contributed by atoms with Crippen LogP contribution in [-0.4, -0.2) is 41.8 Å². The summed E-state index contributed by atoms with van der Waals surface area (Å²) >= 11 is 2.07. The number of hydrogen-bond donors (Lipinski definition) is 0. The first kappa shape index (κ1) is 12.1. The lowest BCUT2D eigenvalue weighted by atomic mass is 9.95. The number of thioether (sulfide) groups is 1. The van der Waals surface area contributed by atoms with Gasteiger partial charge in [-0.05, 0) is 6.42 Å². The molecular weight excluding hydrogens is 194 g/mol. The lowest BCUT2D eigenvalue weighted by Crippen LogP contribution is -2.43. The number of nitrogens with zero attached hydrogens (tertiary/aromatic N) is 1. The Kier molecular flexibility index (Phi) is 4.45. The van der Waals surface area contributed by atoms with Crippen LogP contribution in [-0.2, 0) is 4.79 Å². The molecule has 1 aliphatic heterocycles. The maximum Gasteiger partial charge on any atom is 0.126 e. The van der Waals surface area contributed by atoms with Gasteiger partial charge in [0.2, 0.25) is 0 Å². The van der Waals surface area contributed by atoms with Gasteiger partial charge in [0, 0.05) is 36.1 Å². The third kappa shape index (κ3) is 3.62. The fourth-order valence-electron chi connectivity index (χ4n) is 1.78. The van der Waals surface area contributed by atoms with E-state index in [1.54, 1.807) is 0 Å². The summed E-state index contributed by atoms with van der Waals surface area (Å²) in [5, 5.41) is 0.770. The van der Waals surface area contributed by atoms with Crippen molar-refractivity contribution in [1.82, 2.24) is 4.90 Å². The van der Waals surface area contributed by atoms with Crippen LogP contribution >= 0.6 is 11.8 Å². The maximum atomic E-state index is 10.8. The Hall–Kier alpha value is -0.0200. The molecule has 1 rings (SSSR count). The first-order valence-electron chi connectivity index (χ1n) is 5.37. The van der Waals surface area contributed by atoms with E-state index in [1.165, 1.54) is 12.2 Å². The SMILES string of the molecule is CCC1CN(CC(C)(C)C=O)CCS1. The van der Waals surface area contributed by atoms with Crippen molar-refractivity contribution in [3.63, 3.8) is 0 Å². The monoisotopic (exact) mass is 215 g/mol. The van der Waals surface area contributed by atoms with Crippen molar-refractivity contribution < 1.29 is 4.79 Å². The van der Waals surface area contributed by atoms with Crippen molar-refractivity contribution in [3.8, 4) is 0 Å². The summed E-state index contributed by atoms with van der Waals surface area (Å²) in [6.07, 6.45) is 2.32. The van der Waals surface area contributed by atoms with Gasteiger partial charge in [-0.15, -0.1) is 0 Å².